The van der Waals surface area contributed by atoms with Crippen LogP contribution in [0.15, 0.2) is 87.1 Å². The topological polar surface area (TPSA) is 90.0 Å². The first kappa shape index (κ1) is 25.3. The molecule has 2 amide bonds. The number of hydrogen-bond acceptors (Lipinski definition) is 7. The number of amides is 2. The molecular formula is C24H17BrClNO6S2. The number of imide groups is 1. The zero-order chi connectivity index (χ0) is 25.0. The Kier molecular flexibility index (Phi) is 7.85. The fourth-order valence-corrected chi connectivity index (χ4v) is 5.50. The molecule has 0 radical (unpaired) electrons. The number of thioether (sulfide) groups is 1. The van der Waals surface area contributed by atoms with Crippen LogP contribution in [0, 0.1) is 0 Å². The molecule has 0 unspecified atom stereocenters. The summed E-state index contributed by atoms with van der Waals surface area (Å²) in [6.45, 7) is 0.0904. The summed E-state index contributed by atoms with van der Waals surface area (Å²) in [5.41, 5.74) is 0.316. The normalized spacial score (nSPS) is 15.0. The second-order valence-electron chi connectivity index (χ2n) is 7.14. The maximum absolute atomic E-state index is 12.9. The second-order valence-corrected chi connectivity index (χ2v) is 11.0. The van der Waals surface area contributed by atoms with Gasteiger partial charge in [-0.2, -0.15) is 8.42 Å². The number of carbonyl (C=O) groups is 2. The standard InChI is InChI=1S/C24H17BrClNO6S2/c25-17-10-11-20(33-35(30,31)18-6-2-1-3-7-18)16(14-17)15-22-23(28)27(24(29)34-22)12-13-32-21-9-5-4-8-19(21)26/h1-11,14-15H,12-13H2/b22-15-. The molecule has 0 spiro atoms. The predicted molar refractivity (Wildman–Crippen MR) is 138 cm³/mol. The highest BCUT2D eigenvalue weighted by atomic mass is 79.9. The van der Waals surface area contributed by atoms with Crippen molar-refractivity contribution in [1.29, 1.82) is 0 Å². The van der Waals surface area contributed by atoms with Crippen LogP contribution in [0.5, 0.6) is 11.5 Å². The summed E-state index contributed by atoms with van der Waals surface area (Å²) in [5.74, 6) is -0.0438. The van der Waals surface area contributed by atoms with Crippen LogP contribution in [-0.4, -0.2) is 37.6 Å². The molecule has 1 aliphatic rings. The van der Waals surface area contributed by atoms with E-state index in [0.29, 0.717) is 20.8 Å². The van der Waals surface area contributed by atoms with E-state index in [0.717, 1.165) is 16.7 Å². The van der Waals surface area contributed by atoms with E-state index in [4.69, 9.17) is 20.5 Å². The Hall–Kier alpha value is -2.79. The second kappa shape index (κ2) is 10.9. The number of rotatable bonds is 8. The smallest absolute Gasteiger partial charge is 0.339 e. The van der Waals surface area contributed by atoms with Crippen LogP contribution in [0.3, 0.4) is 0 Å². The first-order valence-corrected chi connectivity index (χ1v) is 13.6. The summed E-state index contributed by atoms with van der Waals surface area (Å²) < 4.78 is 37.0. The van der Waals surface area contributed by atoms with Gasteiger partial charge in [0.15, 0.2) is 0 Å². The highest BCUT2D eigenvalue weighted by Gasteiger charge is 2.35. The zero-order valence-corrected chi connectivity index (χ0v) is 21.9. The molecule has 0 aliphatic carbocycles. The lowest BCUT2D eigenvalue weighted by molar-refractivity contribution is -0.123. The quantitative estimate of drug-likeness (QED) is 0.234. The van der Waals surface area contributed by atoms with E-state index < -0.39 is 21.3 Å². The molecule has 0 aromatic heterocycles. The Morgan fingerprint density at radius 2 is 1.69 bits per heavy atom. The van der Waals surface area contributed by atoms with Crippen LogP contribution in [-0.2, 0) is 14.9 Å². The van der Waals surface area contributed by atoms with Crippen molar-refractivity contribution >= 4 is 66.6 Å². The summed E-state index contributed by atoms with van der Waals surface area (Å²) in [6, 6.07) is 19.3. The SMILES string of the molecule is O=C1S/C(=C\c2cc(Br)ccc2OS(=O)(=O)c2ccccc2)C(=O)N1CCOc1ccccc1Cl. The van der Waals surface area contributed by atoms with Crippen LogP contribution < -0.4 is 8.92 Å². The average molecular weight is 595 g/mol. The summed E-state index contributed by atoms with van der Waals surface area (Å²) in [5, 5.41) is -0.0347. The van der Waals surface area contributed by atoms with Crippen LogP contribution in [0.1, 0.15) is 5.56 Å². The molecule has 1 saturated heterocycles. The monoisotopic (exact) mass is 593 g/mol. The summed E-state index contributed by atoms with van der Waals surface area (Å²) >= 11 is 10.2. The molecule has 1 heterocycles. The van der Waals surface area contributed by atoms with Gasteiger partial charge in [-0.1, -0.05) is 57.9 Å². The molecule has 0 bridgehead atoms. The minimum absolute atomic E-state index is 0.00675. The van der Waals surface area contributed by atoms with Crippen LogP contribution in [0.4, 0.5) is 4.79 Å². The van der Waals surface area contributed by atoms with Crippen molar-refractivity contribution in [2.24, 2.45) is 0 Å². The first-order valence-electron chi connectivity index (χ1n) is 10.2. The van der Waals surface area contributed by atoms with Gasteiger partial charge >= 0.3 is 10.1 Å². The Bertz CT molecular complexity index is 1410. The van der Waals surface area contributed by atoms with Gasteiger partial charge in [-0.05, 0) is 60.3 Å². The fraction of sp³-hybridized carbons (Fsp3) is 0.0833. The Morgan fingerprint density at radius 1 is 0.971 bits per heavy atom. The number of hydrogen-bond donors (Lipinski definition) is 0. The van der Waals surface area contributed by atoms with Crippen LogP contribution in [0.25, 0.3) is 6.08 Å². The highest BCUT2D eigenvalue weighted by Crippen LogP contribution is 2.35. The van der Waals surface area contributed by atoms with Crippen LogP contribution in [0.2, 0.25) is 5.02 Å². The fourth-order valence-electron chi connectivity index (χ4n) is 3.10. The van der Waals surface area contributed by atoms with Gasteiger partial charge in [0.25, 0.3) is 11.1 Å². The summed E-state index contributed by atoms with van der Waals surface area (Å²) in [4.78, 5) is 26.6. The third kappa shape index (κ3) is 6.07. The number of halogens is 2. The van der Waals surface area contributed by atoms with Crippen molar-refractivity contribution in [3.05, 3.63) is 92.8 Å². The Balaban J connectivity index is 1.52. The third-order valence-electron chi connectivity index (χ3n) is 4.77. The van der Waals surface area contributed by atoms with Gasteiger partial charge in [0, 0.05) is 10.0 Å². The maximum atomic E-state index is 12.9. The molecule has 0 atom stereocenters. The van der Waals surface area contributed by atoms with E-state index in [-0.39, 0.29) is 28.7 Å². The van der Waals surface area contributed by atoms with Gasteiger partial charge in [-0.25, -0.2) is 0 Å². The molecule has 11 heteroatoms. The lowest BCUT2D eigenvalue weighted by atomic mass is 10.2. The molecule has 35 heavy (non-hydrogen) atoms. The number of carbonyl (C=O) groups excluding carboxylic acids is 2. The highest BCUT2D eigenvalue weighted by molar-refractivity contribution is 9.10. The molecule has 4 rings (SSSR count). The minimum atomic E-state index is -4.10. The maximum Gasteiger partial charge on any atom is 0.339 e. The number of ether oxygens (including phenoxy) is 1. The number of nitrogens with zero attached hydrogens (tertiary/aromatic N) is 1. The molecule has 0 saturated carbocycles. The van der Waals surface area contributed by atoms with Crippen molar-refractivity contribution in [2.75, 3.05) is 13.2 Å². The predicted octanol–water partition coefficient (Wildman–Crippen LogP) is 5.99. The van der Waals surface area contributed by atoms with Gasteiger partial charge in [-0.3, -0.25) is 14.5 Å². The van der Waals surface area contributed by atoms with E-state index in [1.165, 1.54) is 24.3 Å². The van der Waals surface area contributed by atoms with E-state index >= 15 is 0 Å². The largest absolute Gasteiger partial charge is 0.490 e. The third-order valence-corrected chi connectivity index (χ3v) is 7.73. The van der Waals surface area contributed by atoms with Crippen molar-refractivity contribution in [1.82, 2.24) is 4.90 Å². The van der Waals surface area contributed by atoms with E-state index in [9.17, 15) is 18.0 Å². The van der Waals surface area contributed by atoms with Gasteiger partial charge in [0.2, 0.25) is 0 Å². The van der Waals surface area contributed by atoms with Crippen LogP contribution >= 0.6 is 39.3 Å². The molecular weight excluding hydrogens is 578 g/mol. The van der Waals surface area contributed by atoms with E-state index in [1.54, 1.807) is 54.6 Å². The van der Waals surface area contributed by atoms with Gasteiger partial charge in [0.1, 0.15) is 23.0 Å². The molecule has 1 aliphatic heterocycles. The molecule has 0 N–H and O–H groups in total. The lowest BCUT2D eigenvalue weighted by Gasteiger charge is -2.14. The minimum Gasteiger partial charge on any atom is -0.490 e. The van der Waals surface area contributed by atoms with Gasteiger partial charge in [-0.15, -0.1) is 0 Å². The molecule has 7 nitrogen and oxygen atoms in total. The summed E-state index contributed by atoms with van der Waals surface area (Å²) in [7, 11) is -4.10. The van der Waals surface area contributed by atoms with Gasteiger partial charge in [0.05, 0.1) is 16.5 Å². The molecule has 1 fully saturated rings. The average Bonchev–Trinajstić information content (AvgIpc) is 3.10. The van der Waals surface area contributed by atoms with Crippen molar-refractivity contribution in [3.63, 3.8) is 0 Å². The van der Waals surface area contributed by atoms with Crippen molar-refractivity contribution < 1.29 is 26.9 Å². The summed E-state index contributed by atoms with van der Waals surface area (Å²) in [6.07, 6.45) is 1.43. The Morgan fingerprint density at radius 3 is 2.43 bits per heavy atom. The van der Waals surface area contributed by atoms with Crippen molar-refractivity contribution in [3.8, 4) is 11.5 Å². The zero-order valence-electron chi connectivity index (χ0n) is 17.9. The first-order chi connectivity index (χ1) is 16.7. The van der Waals surface area contributed by atoms with E-state index in [2.05, 4.69) is 15.9 Å². The van der Waals surface area contributed by atoms with Gasteiger partial charge < -0.3 is 8.92 Å². The van der Waals surface area contributed by atoms with E-state index in [1.807, 2.05) is 0 Å². The Labute approximate surface area is 219 Å². The van der Waals surface area contributed by atoms with Crippen molar-refractivity contribution in [2.45, 2.75) is 4.90 Å². The number of para-hydroxylation sites is 1. The molecule has 3 aromatic carbocycles. The molecule has 3 aromatic rings. The number of benzene rings is 3. The lowest BCUT2D eigenvalue weighted by Crippen LogP contribution is -2.32. The molecule has 180 valence electrons.